The molecule has 2 aromatic carbocycles. The van der Waals surface area contributed by atoms with E-state index in [0.717, 1.165) is 11.1 Å². The number of hydrogen-bond donors (Lipinski definition) is 1. The fraction of sp³-hybridized carbons (Fsp3) is 0.133. The first-order valence-electron chi connectivity index (χ1n) is 6.21. The molecule has 0 heterocycles. The average Bonchev–Trinajstić information content (AvgIpc) is 2.43. The van der Waals surface area contributed by atoms with Crippen LogP contribution >= 0.6 is 0 Å². The molecule has 2 N–H and O–H groups in total. The highest BCUT2D eigenvalue weighted by Gasteiger charge is 2.17. The summed E-state index contributed by atoms with van der Waals surface area (Å²) in [5, 5.41) is 0. The van der Waals surface area contributed by atoms with E-state index in [4.69, 9.17) is 9.92 Å². The summed E-state index contributed by atoms with van der Waals surface area (Å²) in [4.78, 5) is 10.9. The molecule has 0 saturated carbocycles. The number of aryl methyl sites for hydroxylation is 2. The van der Waals surface area contributed by atoms with Gasteiger partial charge in [0, 0.05) is 5.56 Å². The SMILES string of the molecule is Cc1ccc(OS(=O)(=O)c2ccc(C(N)=O)cc2)cc1C. The third-order valence-electron chi connectivity index (χ3n) is 3.11. The molecule has 0 unspecified atom stereocenters. The first-order valence-corrected chi connectivity index (χ1v) is 7.62. The highest BCUT2D eigenvalue weighted by Crippen LogP contribution is 2.21. The van der Waals surface area contributed by atoms with Crippen LogP contribution in [0, 0.1) is 13.8 Å². The standard InChI is InChI=1S/C15H15NO4S/c1-10-3-6-13(9-11(10)2)20-21(18,19)14-7-4-12(5-8-14)15(16)17/h3-9H,1-2H3,(H2,16,17). The van der Waals surface area contributed by atoms with Gasteiger partial charge in [-0.15, -0.1) is 0 Å². The van der Waals surface area contributed by atoms with Crippen molar-refractivity contribution in [3.63, 3.8) is 0 Å². The quantitative estimate of drug-likeness (QED) is 0.877. The van der Waals surface area contributed by atoms with E-state index in [2.05, 4.69) is 0 Å². The van der Waals surface area contributed by atoms with Crippen LogP contribution in [0.5, 0.6) is 5.75 Å². The first-order chi connectivity index (χ1) is 9.79. The van der Waals surface area contributed by atoms with Crippen LogP contribution in [-0.4, -0.2) is 14.3 Å². The van der Waals surface area contributed by atoms with Crippen LogP contribution in [0.15, 0.2) is 47.4 Å². The van der Waals surface area contributed by atoms with Crippen molar-refractivity contribution >= 4 is 16.0 Å². The number of carbonyl (C=O) groups is 1. The molecule has 2 aromatic rings. The van der Waals surface area contributed by atoms with E-state index in [1.54, 1.807) is 18.2 Å². The van der Waals surface area contributed by atoms with Gasteiger partial charge in [-0.1, -0.05) is 6.07 Å². The van der Waals surface area contributed by atoms with E-state index in [1.807, 2.05) is 13.8 Å². The number of rotatable bonds is 4. The third-order valence-corrected chi connectivity index (χ3v) is 4.37. The van der Waals surface area contributed by atoms with Gasteiger partial charge in [-0.2, -0.15) is 8.42 Å². The maximum atomic E-state index is 12.1. The number of nitrogens with two attached hydrogens (primary N) is 1. The summed E-state index contributed by atoms with van der Waals surface area (Å²) in [5.41, 5.74) is 7.33. The molecule has 1 amide bonds. The van der Waals surface area contributed by atoms with Gasteiger partial charge in [0.15, 0.2) is 0 Å². The largest absolute Gasteiger partial charge is 0.379 e. The molecule has 0 saturated heterocycles. The van der Waals surface area contributed by atoms with Crippen molar-refractivity contribution in [2.24, 2.45) is 5.73 Å². The summed E-state index contributed by atoms with van der Waals surface area (Å²) in [5.74, 6) is -0.369. The highest BCUT2D eigenvalue weighted by atomic mass is 32.2. The van der Waals surface area contributed by atoms with Gasteiger partial charge in [0.25, 0.3) is 0 Å². The summed E-state index contributed by atoms with van der Waals surface area (Å²) in [7, 11) is -3.94. The van der Waals surface area contributed by atoms with Crippen LogP contribution in [-0.2, 0) is 10.1 Å². The predicted molar refractivity (Wildman–Crippen MR) is 78.7 cm³/mol. The molecule has 0 spiro atoms. The van der Waals surface area contributed by atoms with Crippen LogP contribution < -0.4 is 9.92 Å². The number of carbonyl (C=O) groups excluding carboxylic acids is 1. The number of primary amides is 1. The lowest BCUT2D eigenvalue weighted by molar-refractivity contribution is 0.1000. The lowest BCUT2D eigenvalue weighted by Crippen LogP contribution is -2.13. The zero-order valence-electron chi connectivity index (χ0n) is 11.7. The zero-order chi connectivity index (χ0) is 15.6. The van der Waals surface area contributed by atoms with Gasteiger partial charge in [-0.25, -0.2) is 0 Å². The molecule has 0 aliphatic carbocycles. The van der Waals surface area contributed by atoms with Crippen molar-refractivity contribution in [1.29, 1.82) is 0 Å². The van der Waals surface area contributed by atoms with Crippen molar-refractivity contribution in [3.05, 3.63) is 59.2 Å². The molecular weight excluding hydrogens is 290 g/mol. The number of benzene rings is 2. The normalized spacial score (nSPS) is 11.1. The molecule has 2 rings (SSSR count). The fourth-order valence-corrected chi connectivity index (χ4v) is 2.65. The van der Waals surface area contributed by atoms with Crippen LogP contribution in [0.3, 0.4) is 0 Å². The van der Waals surface area contributed by atoms with Crippen molar-refractivity contribution in [3.8, 4) is 5.75 Å². The Morgan fingerprint density at radius 3 is 2.14 bits per heavy atom. The molecule has 5 nitrogen and oxygen atoms in total. The number of amides is 1. The Bertz CT molecular complexity index is 780. The van der Waals surface area contributed by atoms with Crippen molar-refractivity contribution in [1.82, 2.24) is 0 Å². The Morgan fingerprint density at radius 2 is 1.62 bits per heavy atom. The van der Waals surface area contributed by atoms with Gasteiger partial charge in [-0.3, -0.25) is 4.79 Å². The van der Waals surface area contributed by atoms with Crippen LogP contribution in [0.2, 0.25) is 0 Å². The van der Waals surface area contributed by atoms with Gasteiger partial charge in [0.1, 0.15) is 10.6 Å². The van der Waals surface area contributed by atoms with Gasteiger partial charge in [0.05, 0.1) is 0 Å². The predicted octanol–water partition coefficient (Wildman–Crippen LogP) is 2.17. The van der Waals surface area contributed by atoms with Gasteiger partial charge >= 0.3 is 10.1 Å². The van der Waals surface area contributed by atoms with E-state index >= 15 is 0 Å². The highest BCUT2D eigenvalue weighted by molar-refractivity contribution is 7.87. The molecule has 110 valence electrons. The van der Waals surface area contributed by atoms with Gasteiger partial charge in [0.2, 0.25) is 5.91 Å². The topological polar surface area (TPSA) is 86.5 Å². The Labute approximate surface area is 123 Å². The second kappa shape index (κ2) is 5.57. The Hall–Kier alpha value is -2.34. The molecule has 0 aromatic heterocycles. The monoisotopic (exact) mass is 305 g/mol. The summed E-state index contributed by atoms with van der Waals surface area (Å²) in [6, 6.07) is 10.3. The van der Waals surface area contributed by atoms with E-state index < -0.39 is 16.0 Å². The molecule has 0 aliphatic heterocycles. The summed E-state index contributed by atoms with van der Waals surface area (Å²) < 4.78 is 29.4. The lowest BCUT2D eigenvalue weighted by atomic mass is 10.1. The van der Waals surface area contributed by atoms with E-state index in [1.165, 1.54) is 24.3 Å². The van der Waals surface area contributed by atoms with E-state index in [9.17, 15) is 13.2 Å². The molecule has 0 atom stereocenters. The average molecular weight is 305 g/mol. The molecule has 0 radical (unpaired) electrons. The Morgan fingerprint density at radius 1 is 1.00 bits per heavy atom. The second-order valence-corrected chi connectivity index (χ2v) is 6.22. The molecular formula is C15H15NO4S. The van der Waals surface area contributed by atoms with E-state index in [-0.39, 0.29) is 16.2 Å². The maximum Gasteiger partial charge on any atom is 0.339 e. The molecule has 0 aliphatic rings. The third kappa shape index (κ3) is 3.41. The smallest absolute Gasteiger partial charge is 0.339 e. The zero-order valence-corrected chi connectivity index (χ0v) is 12.5. The van der Waals surface area contributed by atoms with Crippen LogP contribution in [0.1, 0.15) is 21.5 Å². The second-order valence-electron chi connectivity index (χ2n) is 4.67. The van der Waals surface area contributed by atoms with Gasteiger partial charge < -0.3 is 9.92 Å². The lowest BCUT2D eigenvalue weighted by Gasteiger charge is -2.09. The Balaban J connectivity index is 2.29. The first kappa shape index (κ1) is 15.1. The minimum atomic E-state index is -3.94. The maximum absolute atomic E-state index is 12.1. The van der Waals surface area contributed by atoms with Crippen molar-refractivity contribution in [2.75, 3.05) is 0 Å². The summed E-state index contributed by atoms with van der Waals surface area (Å²) in [6.45, 7) is 3.80. The summed E-state index contributed by atoms with van der Waals surface area (Å²) in [6.07, 6.45) is 0. The van der Waals surface area contributed by atoms with Crippen molar-refractivity contribution in [2.45, 2.75) is 18.7 Å². The van der Waals surface area contributed by atoms with Crippen LogP contribution in [0.4, 0.5) is 0 Å². The van der Waals surface area contributed by atoms with E-state index in [0.29, 0.717) is 0 Å². The fourth-order valence-electron chi connectivity index (χ4n) is 1.73. The summed E-state index contributed by atoms with van der Waals surface area (Å²) >= 11 is 0. The van der Waals surface area contributed by atoms with Gasteiger partial charge in [-0.05, 0) is 61.4 Å². The minimum Gasteiger partial charge on any atom is -0.379 e. The molecule has 21 heavy (non-hydrogen) atoms. The number of hydrogen-bond acceptors (Lipinski definition) is 4. The van der Waals surface area contributed by atoms with Crippen molar-refractivity contribution < 1.29 is 17.4 Å². The molecule has 0 fully saturated rings. The minimum absolute atomic E-state index is 0.0364. The Kier molecular flexibility index (Phi) is 3.99. The molecule has 0 bridgehead atoms. The van der Waals surface area contributed by atoms with Crippen LogP contribution in [0.25, 0.3) is 0 Å². The molecule has 6 heteroatoms.